The summed E-state index contributed by atoms with van der Waals surface area (Å²) in [6.45, 7) is 0. The second-order valence-corrected chi connectivity index (χ2v) is 4.12. The lowest BCUT2D eigenvalue weighted by Gasteiger charge is -2.04. The molecule has 0 saturated carbocycles. The van der Waals surface area contributed by atoms with E-state index in [0.29, 0.717) is 0 Å². The van der Waals surface area contributed by atoms with E-state index in [4.69, 9.17) is 15.8 Å². The van der Waals surface area contributed by atoms with Crippen molar-refractivity contribution in [3.63, 3.8) is 0 Å². The van der Waals surface area contributed by atoms with Gasteiger partial charge in [0.1, 0.15) is 23.3 Å². The van der Waals surface area contributed by atoms with E-state index in [1.165, 1.54) is 0 Å². The Hall–Kier alpha value is -3.90. The minimum absolute atomic E-state index is 0.110. The molecule has 0 fully saturated rings. The van der Waals surface area contributed by atoms with Crippen LogP contribution >= 0.6 is 0 Å². The summed E-state index contributed by atoms with van der Waals surface area (Å²) in [4.78, 5) is 34.5. The standard InChI is InChI=1S/C16H13N3O6/c1-23-14(20)11(7-17)4-10(5-12(8-18)15(21)24-2)6-13(9-19)16(22)25-3/h4-6,11H,1-3H3/b12-5-,13-6-. The van der Waals surface area contributed by atoms with Gasteiger partial charge in [-0.05, 0) is 23.8 Å². The highest BCUT2D eigenvalue weighted by molar-refractivity contribution is 5.95. The van der Waals surface area contributed by atoms with Crippen LogP contribution in [0.1, 0.15) is 0 Å². The van der Waals surface area contributed by atoms with E-state index in [2.05, 4.69) is 14.2 Å². The maximum Gasteiger partial charge on any atom is 0.348 e. The minimum atomic E-state index is -1.40. The van der Waals surface area contributed by atoms with E-state index < -0.39 is 35.0 Å². The largest absolute Gasteiger partial charge is 0.468 e. The van der Waals surface area contributed by atoms with E-state index in [1.54, 1.807) is 18.2 Å². The molecular weight excluding hydrogens is 330 g/mol. The number of carbonyl (C=O) groups excluding carboxylic acids is 3. The van der Waals surface area contributed by atoms with Crippen LogP contribution in [0.3, 0.4) is 0 Å². The zero-order valence-electron chi connectivity index (χ0n) is 13.6. The molecule has 1 unspecified atom stereocenters. The molecule has 0 saturated heterocycles. The van der Waals surface area contributed by atoms with Crippen molar-refractivity contribution in [1.29, 1.82) is 15.8 Å². The molecule has 9 nitrogen and oxygen atoms in total. The first-order chi connectivity index (χ1) is 11.9. The lowest BCUT2D eigenvalue weighted by molar-refractivity contribution is -0.142. The fourth-order valence-corrected chi connectivity index (χ4v) is 1.44. The smallest absolute Gasteiger partial charge is 0.348 e. The number of ether oxygens (including phenoxy) is 3. The molecule has 0 radical (unpaired) electrons. The minimum Gasteiger partial charge on any atom is -0.468 e. The molecule has 0 amide bonds. The number of hydrogen-bond acceptors (Lipinski definition) is 9. The first kappa shape index (κ1) is 21.1. The second kappa shape index (κ2) is 10.8. The molecule has 9 heteroatoms. The maximum atomic E-state index is 11.5. The molecule has 0 spiro atoms. The van der Waals surface area contributed by atoms with Crippen LogP contribution in [0.25, 0.3) is 0 Å². The summed E-state index contributed by atoms with van der Waals surface area (Å²) in [5, 5.41) is 27.0. The molecule has 0 aliphatic carbocycles. The van der Waals surface area contributed by atoms with Gasteiger partial charge < -0.3 is 14.2 Å². The first-order valence-corrected chi connectivity index (χ1v) is 6.47. The molecule has 0 aromatic heterocycles. The number of allylic oxidation sites excluding steroid dienone is 3. The van der Waals surface area contributed by atoms with Gasteiger partial charge in [0, 0.05) is 0 Å². The van der Waals surface area contributed by atoms with Crippen molar-refractivity contribution in [1.82, 2.24) is 0 Å². The third-order valence-electron chi connectivity index (χ3n) is 2.63. The van der Waals surface area contributed by atoms with Gasteiger partial charge in [-0.1, -0.05) is 0 Å². The quantitative estimate of drug-likeness (QED) is 0.220. The molecule has 0 aliphatic heterocycles. The van der Waals surface area contributed by atoms with Crippen LogP contribution in [-0.2, 0) is 28.6 Å². The third kappa shape index (κ3) is 6.39. The van der Waals surface area contributed by atoms with Gasteiger partial charge in [0.05, 0.1) is 27.4 Å². The molecule has 1 atom stereocenters. The Morgan fingerprint density at radius 3 is 1.56 bits per heavy atom. The normalized spacial score (nSPS) is 11.7. The fraction of sp³-hybridized carbons (Fsp3) is 0.250. The Kier molecular flexibility index (Phi) is 9.08. The van der Waals surface area contributed by atoms with Gasteiger partial charge in [-0.3, -0.25) is 4.79 Å². The van der Waals surface area contributed by atoms with Gasteiger partial charge in [-0.25, -0.2) is 9.59 Å². The molecule has 0 aromatic carbocycles. The third-order valence-corrected chi connectivity index (χ3v) is 2.63. The highest BCUT2D eigenvalue weighted by Crippen LogP contribution is 2.14. The van der Waals surface area contributed by atoms with E-state index >= 15 is 0 Å². The topological polar surface area (TPSA) is 150 Å². The Morgan fingerprint density at radius 1 is 0.840 bits per heavy atom. The molecular formula is C16H13N3O6. The van der Waals surface area contributed by atoms with Crippen LogP contribution in [0, 0.1) is 39.9 Å². The van der Waals surface area contributed by atoms with Crippen LogP contribution < -0.4 is 0 Å². The van der Waals surface area contributed by atoms with E-state index in [-0.39, 0.29) is 5.57 Å². The van der Waals surface area contributed by atoms with Crippen molar-refractivity contribution < 1.29 is 28.6 Å². The number of rotatable bonds is 6. The zero-order valence-corrected chi connectivity index (χ0v) is 13.6. The van der Waals surface area contributed by atoms with Crippen molar-refractivity contribution in [3.05, 3.63) is 34.9 Å². The lowest BCUT2D eigenvalue weighted by Crippen LogP contribution is -2.12. The molecule has 25 heavy (non-hydrogen) atoms. The number of nitriles is 3. The molecule has 0 rings (SSSR count). The Bertz CT molecular complexity index is 725. The number of methoxy groups -OCH3 is 3. The summed E-state index contributed by atoms with van der Waals surface area (Å²) in [5.74, 6) is -4.27. The Labute approximate surface area is 143 Å². The van der Waals surface area contributed by atoms with Crippen LogP contribution in [-0.4, -0.2) is 39.2 Å². The summed E-state index contributed by atoms with van der Waals surface area (Å²) >= 11 is 0. The van der Waals surface area contributed by atoms with Crippen molar-refractivity contribution in [3.8, 4) is 18.2 Å². The highest BCUT2D eigenvalue weighted by atomic mass is 16.5. The van der Waals surface area contributed by atoms with Crippen molar-refractivity contribution in [2.45, 2.75) is 0 Å². The summed E-state index contributed by atoms with van der Waals surface area (Å²) < 4.78 is 13.3. The first-order valence-electron chi connectivity index (χ1n) is 6.47. The average Bonchev–Trinajstić information content (AvgIpc) is 2.65. The van der Waals surface area contributed by atoms with Crippen LogP contribution in [0.4, 0.5) is 0 Å². The van der Waals surface area contributed by atoms with Gasteiger partial charge in [-0.15, -0.1) is 0 Å². The van der Waals surface area contributed by atoms with Gasteiger partial charge >= 0.3 is 17.9 Å². The van der Waals surface area contributed by atoms with Crippen LogP contribution in [0.5, 0.6) is 0 Å². The Balaban J connectivity index is 6.35. The highest BCUT2D eigenvalue weighted by Gasteiger charge is 2.18. The molecule has 0 aromatic rings. The predicted molar refractivity (Wildman–Crippen MR) is 80.6 cm³/mol. The van der Waals surface area contributed by atoms with Crippen molar-refractivity contribution in [2.75, 3.05) is 21.3 Å². The molecule has 0 heterocycles. The zero-order chi connectivity index (χ0) is 19.4. The fourth-order valence-electron chi connectivity index (χ4n) is 1.44. The van der Waals surface area contributed by atoms with Gasteiger partial charge in [0.15, 0.2) is 5.92 Å². The second-order valence-electron chi connectivity index (χ2n) is 4.12. The average molecular weight is 343 g/mol. The summed E-state index contributed by atoms with van der Waals surface area (Å²) in [6.07, 6.45) is 2.94. The maximum absolute atomic E-state index is 11.5. The van der Waals surface area contributed by atoms with E-state index in [0.717, 1.165) is 39.6 Å². The van der Waals surface area contributed by atoms with Gasteiger partial charge in [-0.2, -0.15) is 15.8 Å². The van der Waals surface area contributed by atoms with Gasteiger partial charge in [0.25, 0.3) is 0 Å². The molecule has 0 N–H and O–H groups in total. The van der Waals surface area contributed by atoms with E-state index in [9.17, 15) is 14.4 Å². The van der Waals surface area contributed by atoms with Gasteiger partial charge in [0.2, 0.25) is 0 Å². The van der Waals surface area contributed by atoms with Crippen LogP contribution in [0.15, 0.2) is 34.9 Å². The molecule has 0 bridgehead atoms. The van der Waals surface area contributed by atoms with Crippen LogP contribution in [0.2, 0.25) is 0 Å². The Morgan fingerprint density at radius 2 is 1.28 bits per heavy atom. The lowest BCUT2D eigenvalue weighted by atomic mass is 10.0. The van der Waals surface area contributed by atoms with Crippen molar-refractivity contribution >= 4 is 17.9 Å². The molecule has 128 valence electrons. The number of nitrogens with zero attached hydrogens (tertiary/aromatic N) is 3. The monoisotopic (exact) mass is 343 g/mol. The van der Waals surface area contributed by atoms with Crippen molar-refractivity contribution in [2.24, 2.45) is 5.92 Å². The summed E-state index contributed by atoms with van der Waals surface area (Å²) in [6, 6.07) is 4.79. The summed E-state index contributed by atoms with van der Waals surface area (Å²) in [7, 11) is 3.17. The number of carbonyl (C=O) groups is 3. The summed E-state index contributed by atoms with van der Waals surface area (Å²) in [5.41, 5.74) is -1.07. The van der Waals surface area contributed by atoms with E-state index in [1.807, 2.05) is 0 Å². The SMILES string of the molecule is COC(=O)/C(C#N)=C\C(=CC(C#N)C(=O)OC)/C=C(/C#N)C(=O)OC. The predicted octanol–water partition coefficient (Wildman–Crippen LogP) is 0.472. The number of hydrogen-bond donors (Lipinski definition) is 0. The number of esters is 3. The molecule has 0 aliphatic rings.